The van der Waals surface area contributed by atoms with Crippen molar-refractivity contribution in [1.29, 1.82) is 0 Å². The van der Waals surface area contributed by atoms with Crippen molar-refractivity contribution < 1.29 is 44.3 Å². The normalized spacial score (nSPS) is 11.1. The Kier molecular flexibility index (Phi) is 7.05. The van der Waals surface area contributed by atoms with Gasteiger partial charge in [-0.05, 0) is 19.1 Å². The van der Waals surface area contributed by atoms with Gasteiger partial charge in [0.1, 0.15) is 0 Å². The van der Waals surface area contributed by atoms with Crippen LogP contribution in [0.15, 0.2) is 30.3 Å². The molecule has 0 spiro atoms. The SMILES string of the molecule is C[C@@H](CC(=O)[O-])NC(=O)c1ccccc1.[Na+]. The average Bonchev–Trinajstić information content (AvgIpc) is 2.17. The Balaban J connectivity index is 0.00000225. The molecule has 0 saturated carbocycles. The third-order valence-electron chi connectivity index (χ3n) is 1.89. The predicted octanol–water partition coefficient (Wildman–Crippen LogP) is -3.05. The summed E-state index contributed by atoms with van der Waals surface area (Å²) in [6.07, 6.45) is -0.182. The fourth-order valence-electron chi connectivity index (χ4n) is 1.20. The molecule has 0 saturated heterocycles. The first-order valence-corrected chi connectivity index (χ1v) is 4.65. The molecule has 1 amide bonds. The number of nitrogens with one attached hydrogen (secondary N) is 1. The number of benzene rings is 1. The Morgan fingerprint density at radius 2 is 1.88 bits per heavy atom. The molecule has 1 aromatic rings. The summed E-state index contributed by atoms with van der Waals surface area (Å²) in [5.41, 5.74) is 0.516. The van der Waals surface area contributed by atoms with E-state index < -0.39 is 12.0 Å². The van der Waals surface area contributed by atoms with Gasteiger partial charge in [0.15, 0.2) is 0 Å². The summed E-state index contributed by atoms with van der Waals surface area (Å²) in [4.78, 5) is 21.8. The summed E-state index contributed by atoms with van der Waals surface area (Å²) < 4.78 is 0. The van der Waals surface area contributed by atoms with Gasteiger partial charge < -0.3 is 15.2 Å². The summed E-state index contributed by atoms with van der Waals surface area (Å²) in [6.45, 7) is 1.62. The smallest absolute Gasteiger partial charge is 0.550 e. The van der Waals surface area contributed by atoms with Crippen molar-refractivity contribution in [3.8, 4) is 0 Å². The van der Waals surface area contributed by atoms with Gasteiger partial charge in [-0.15, -0.1) is 0 Å². The molecule has 0 radical (unpaired) electrons. The van der Waals surface area contributed by atoms with E-state index in [1.165, 1.54) is 0 Å². The molecule has 0 aliphatic heterocycles. The number of rotatable bonds is 4. The second-order valence-electron chi connectivity index (χ2n) is 3.32. The fraction of sp³-hybridized carbons (Fsp3) is 0.273. The van der Waals surface area contributed by atoms with E-state index in [0.717, 1.165) is 0 Å². The zero-order valence-corrected chi connectivity index (χ0v) is 11.4. The molecule has 0 fully saturated rings. The van der Waals surface area contributed by atoms with Crippen LogP contribution in [0.4, 0.5) is 0 Å². The van der Waals surface area contributed by atoms with E-state index in [4.69, 9.17) is 0 Å². The minimum Gasteiger partial charge on any atom is -0.550 e. The molecule has 1 rings (SSSR count). The van der Waals surface area contributed by atoms with Crippen LogP contribution in [-0.2, 0) is 4.79 Å². The third-order valence-corrected chi connectivity index (χ3v) is 1.89. The first kappa shape index (κ1) is 15.2. The molecule has 4 nitrogen and oxygen atoms in total. The molecule has 5 heteroatoms. The van der Waals surface area contributed by atoms with E-state index in [-0.39, 0.29) is 41.9 Å². The summed E-state index contributed by atoms with van der Waals surface area (Å²) in [7, 11) is 0. The standard InChI is InChI=1S/C11H13NO3.Na/c1-8(7-10(13)14)12-11(15)9-5-3-2-4-6-9;/h2-6,8H,7H2,1H3,(H,12,15)(H,13,14);/q;+1/p-1/t8-;/m0./s1. The van der Waals surface area contributed by atoms with Crippen molar-refractivity contribution >= 4 is 11.9 Å². The van der Waals surface area contributed by atoms with Crippen LogP contribution in [0.5, 0.6) is 0 Å². The molecule has 1 atom stereocenters. The molecular weight excluding hydrogens is 217 g/mol. The van der Waals surface area contributed by atoms with Gasteiger partial charge in [0.05, 0.1) is 0 Å². The topological polar surface area (TPSA) is 69.2 Å². The number of amides is 1. The Hall–Kier alpha value is -0.840. The number of hydrogen-bond acceptors (Lipinski definition) is 3. The maximum atomic E-state index is 11.5. The number of carbonyl (C=O) groups excluding carboxylic acids is 2. The van der Waals surface area contributed by atoms with Crippen molar-refractivity contribution in [3.05, 3.63) is 35.9 Å². The second kappa shape index (κ2) is 7.44. The molecule has 80 valence electrons. The average molecular weight is 229 g/mol. The molecule has 0 heterocycles. The Morgan fingerprint density at radius 3 is 2.38 bits per heavy atom. The van der Waals surface area contributed by atoms with Crippen LogP contribution in [0.3, 0.4) is 0 Å². The van der Waals surface area contributed by atoms with Crippen LogP contribution in [0.25, 0.3) is 0 Å². The van der Waals surface area contributed by atoms with Crippen LogP contribution >= 0.6 is 0 Å². The number of hydrogen-bond donors (Lipinski definition) is 1. The van der Waals surface area contributed by atoms with Gasteiger partial charge in [-0.1, -0.05) is 18.2 Å². The third kappa shape index (κ3) is 5.30. The number of aliphatic carboxylic acids is 1. The van der Waals surface area contributed by atoms with E-state index in [2.05, 4.69) is 5.32 Å². The van der Waals surface area contributed by atoms with Gasteiger partial charge in [-0.3, -0.25) is 4.79 Å². The Morgan fingerprint density at radius 1 is 1.31 bits per heavy atom. The van der Waals surface area contributed by atoms with E-state index in [9.17, 15) is 14.7 Å². The van der Waals surface area contributed by atoms with Gasteiger partial charge in [0.25, 0.3) is 5.91 Å². The number of carbonyl (C=O) groups is 2. The zero-order valence-electron chi connectivity index (χ0n) is 9.40. The van der Waals surface area contributed by atoms with E-state index >= 15 is 0 Å². The maximum absolute atomic E-state index is 11.5. The quantitative estimate of drug-likeness (QED) is 0.558. The minimum atomic E-state index is -1.17. The molecule has 16 heavy (non-hydrogen) atoms. The van der Waals surface area contributed by atoms with Gasteiger partial charge in [-0.25, -0.2) is 0 Å². The number of carboxylic acids is 1. The van der Waals surface area contributed by atoms with Crippen molar-refractivity contribution in [1.82, 2.24) is 5.32 Å². The number of carboxylic acid groups (broad SMARTS) is 1. The minimum absolute atomic E-state index is 0. The summed E-state index contributed by atoms with van der Waals surface area (Å²) in [5.74, 6) is -1.44. The second-order valence-corrected chi connectivity index (χ2v) is 3.32. The molecule has 0 bridgehead atoms. The molecule has 0 aromatic heterocycles. The van der Waals surface area contributed by atoms with Crippen LogP contribution in [0, 0.1) is 0 Å². The monoisotopic (exact) mass is 229 g/mol. The molecule has 0 aliphatic rings. The van der Waals surface area contributed by atoms with Crippen LogP contribution < -0.4 is 40.0 Å². The van der Waals surface area contributed by atoms with Crippen LogP contribution in [-0.4, -0.2) is 17.9 Å². The van der Waals surface area contributed by atoms with Gasteiger partial charge in [-0.2, -0.15) is 0 Å². The summed E-state index contributed by atoms with van der Waals surface area (Å²) in [5, 5.41) is 12.8. The van der Waals surface area contributed by atoms with Crippen molar-refractivity contribution in [2.75, 3.05) is 0 Å². The van der Waals surface area contributed by atoms with E-state index in [1.807, 2.05) is 0 Å². The zero-order chi connectivity index (χ0) is 11.3. The van der Waals surface area contributed by atoms with E-state index in [0.29, 0.717) is 5.56 Å². The molecule has 0 aliphatic carbocycles. The Labute approximate surface area is 116 Å². The first-order valence-electron chi connectivity index (χ1n) is 4.65. The largest absolute Gasteiger partial charge is 1.00 e. The maximum Gasteiger partial charge on any atom is 1.00 e. The molecule has 0 unspecified atom stereocenters. The first-order chi connectivity index (χ1) is 7.09. The van der Waals surface area contributed by atoms with Gasteiger partial charge >= 0.3 is 29.6 Å². The predicted molar refractivity (Wildman–Crippen MR) is 53.0 cm³/mol. The van der Waals surface area contributed by atoms with Gasteiger partial charge in [0, 0.05) is 24.0 Å². The van der Waals surface area contributed by atoms with Crippen molar-refractivity contribution in [3.63, 3.8) is 0 Å². The van der Waals surface area contributed by atoms with Crippen LogP contribution in [0.2, 0.25) is 0 Å². The van der Waals surface area contributed by atoms with Crippen LogP contribution in [0.1, 0.15) is 23.7 Å². The fourth-order valence-corrected chi connectivity index (χ4v) is 1.20. The molecular formula is C11H12NNaO3. The van der Waals surface area contributed by atoms with Crippen molar-refractivity contribution in [2.24, 2.45) is 0 Å². The molecule has 1 aromatic carbocycles. The molecule has 1 N–H and O–H groups in total. The van der Waals surface area contributed by atoms with Crippen molar-refractivity contribution in [2.45, 2.75) is 19.4 Å². The Bertz CT molecular complexity index is 354. The van der Waals surface area contributed by atoms with E-state index in [1.54, 1.807) is 37.3 Å². The summed E-state index contributed by atoms with van der Waals surface area (Å²) >= 11 is 0. The van der Waals surface area contributed by atoms with Gasteiger partial charge in [0.2, 0.25) is 0 Å². The summed E-state index contributed by atoms with van der Waals surface area (Å²) in [6, 6.07) is 8.21.